The Balaban J connectivity index is 2.55. The summed E-state index contributed by atoms with van der Waals surface area (Å²) in [5, 5.41) is 2.93. The quantitative estimate of drug-likeness (QED) is 0.609. The van der Waals surface area contributed by atoms with Gasteiger partial charge in [0.05, 0.1) is 0 Å². The molecule has 86 valence electrons. The molecule has 0 aliphatic heterocycles. The maximum absolute atomic E-state index is 2.29. The number of hydrogen-bond donors (Lipinski definition) is 0. The first-order chi connectivity index (χ1) is 8.11. The van der Waals surface area contributed by atoms with Crippen molar-refractivity contribution >= 4 is 16.8 Å². The van der Waals surface area contributed by atoms with Crippen molar-refractivity contribution in [2.45, 2.75) is 34.1 Å². The van der Waals surface area contributed by atoms with Crippen LogP contribution in [0.2, 0.25) is 0 Å². The van der Waals surface area contributed by atoms with Gasteiger partial charge in [0, 0.05) is 0 Å². The zero-order valence-corrected chi connectivity index (χ0v) is 11.0. The van der Waals surface area contributed by atoms with Crippen molar-refractivity contribution < 1.29 is 0 Å². The van der Waals surface area contributed by atoms with Gasteiger partial charge in [-0.25, -0.2) is 0 Å². The highest BCUT2D eigenvalue weighted by Gasteiger charge is 2.15. The van der Waals surface area contributed by atoms with Gasteiger partial charge in [-0.1, -0.05) is 24.3 Å². The average Bonchev–Trinajstić information content (AvgIpc) is 2.80. The summed E-state index contributed by atoms with van der Waals surface area (Å²) in [6, 6.07) is 4.56. The van der Waals surface area contributed by atoms with Gasteiger partial charge in [0.1, 0.15) is 0 Å². The van der Waals surface area contributed by atoms with Crippen molar-refractivity contribution in [2.75, 3.05) is 0 Å². The molecule has 0 aromatic heterocycles. The molecule has 0 saturated heterocycles. The summed E-state index contributed by atoms with van der Waals surface area (Å²) in [6.45, 7) is 9.00. The molecule has 0 amide bonds. The lowest BCUT2D eigenvalue weighted by atomic mass is 9.88. The Morgan fingerprint density at radius 2 is 1.53 bits per heavy atom. The molecular formula is C17H18. The van der Waals surface area contributed by atoms with Gasteiger partial charge < -0.3 is 0 Å². The standard InChI is InChI=1S/C17H18/c1-10-11(2)13(4)17-15(12(10)3)9-8-14-6-5-7-16(14)17/h5-6,8-9H,7H2,1-4H3. The molecule has 0 heterocycles. The third-order valence-electron chi connectivity index (χ3n) is 4.44. The van der Waals surface area contributed by atoms with Crippen LogP contribution in [0.3, 0.4) is 0 Å². The van der Waals surface area contributed by atoms with Crippen molar-refractivity contribution in [1.29, 1.82) is 0 Å². The number of aryl methyl sites for hydroxylation is 2. The highest BCUT2D eigenvalue weighted by atomic mass is 14.2. The summed E-state index contributed by atoms with van der Waals surface area (Å²) in [5.74, 6) is 0. The first-order valence-electron chi connectivity index (χ1n) is 6.29. The summed E-state index contributed by atoms with van der Waals surface area (Å²) >= 11 is 0. The van der Waals surface area contributed by atoms with E-state index < -0.39 is 0 Å². The van der Waals surface area contributed by atoms with E-state index in [1.807, 2.05) is 0 Å². The van der Waals surface area contributed by atoms with E-state index in [2.05, 4.69) is 52.0 Å². The molecule has 0 nitrogen and oxygen atoms in total. The molecule has 0 radical (unpaired) electrons. The molecule has 0 bridgehead atoms. The van der Waals surface area contributed by atoms with Crippen molar-refractivity contribution in [3.05, 3.63) is 51.6 Å². The predicted octanol–water partition coefficient (Wildman–Crippen LogP) is 4.64. The van der Waals surface area contributed by atoms with Crippen molar-refractivity contribution in [2.24, 2.45) is 0 Å². The highest BCUT2D eigenvalue weighted by molar-refractivity contribution is 5.96. The van der Waals surface area contributed by atoms with E-state index in [9.17, 15) is 0 Å². The van der Waals surface area contributed by atoms with Crippen molar-refractivity contribution in [3.8, 4) is 0 Å². The zero-order valence-electron chi connectivity index (χ0n) is 11.0. The lowest BCUT2D eigenvalue weighted by Crippen LogP contribution is -1.97. The molecular weight excluding hydrogens is 204 g/mol. The maximum Gasteiger partial charge on any atom is -0.00819 e. The molecule has 0 atom stereocenters. The molecule has 2 aromatic carbocycles. The van der Waals surface area contributed by atoms with Crippen LogP contribution in [-0.4, -0.2) is 0 Å². The van der Waals surface area contributed by atoms with E-state index in [4.69, 9.17) is 0 Å². The van der Waals surface area contributed by atoms with Crippen LogP contribution in [-0.2, 0) is 6.42 Å². The largest absolute Gasteiger partial charge is 0.0795 e. The normalized spacial score (nSPS) is 13.4. The minimum atomic E-state index is 1.09. The van der Waals surface area contributed by atoms with Crippen LogP contribution < -0.4 is 0 Å². The van der Waals surface area contributed by atoms with E-state index in [0.29, 0.717) is 0 Å². The van der Waals surface area contributed by atoms with Crippen LogP contribution >= 0.6 is 0 Å². The van der Waals surface area contributed by atoms with Gasteiger partial charge >= 0.3 is 0 Å². The number of allylic oxidation sites excluding steroid dienone is 1. The fourth-order valence-electron chi connectivity index (χ4n) is 3.04. The van der Waals surface area contributed by atoms with Gasteiger partial charge in [-0.3, -0.25) is 0 Å². The first-order valence-corrected chi connectivity index (χ1v) is 6.29. The summed E-state index contributed by atoms with van der Waals surface area (Å²) < 4.78 is 0. The second kappa shape index (κ2) is 3.46. The van der Waals surface area contributed by atoms with Gasteiger partial charge in [0.2, 0.25) is 0 Å². The highest BCUT2D eigenvalue weighted by Crippen LogP contribution is 2.35. The van der Waals surface area contributed by atoms with Gasteiger partial charge in [-0.05, 0) is 78.3 Å². The van der Waals surface area contributed by atoms with Crippen LogP contribution in [0.1, 0.15) is 33.4 Å². The molecule has 0 heteroatoms. The van der Waals surface area contributed by atoms with E-state index in [-0.39, 0.29) is 0 Å². The van der Waals surface area contributed by atoms with Crippen LogP contribution in [0.25, 0.3) is 16.8 Å². The Morgan fingerprint density at radius 3 is 2.29 bits per heavy atom. The fraction of sp³-hybridized carbons (Fsp3) is 0.294. The smallest absolute Gasteiger partial charge is 0.00819 e. The Bertz CT molecular complexity index is 658. The molecule has 2 aromatic rings. The maximum atomic E-state index is 2.29. The van der Waals surface area contributed by atoms with Crippen molar-refractivity contribution in [3.63, 3.8) is 0 Å². The zero-order chi connectivity index (χ0) is 12.2. The first kappa shape index (κ1) is 10.6. The van der Waals surface area contributed by atoms with Crippen LogP contribution in [0, 0.1) is 27.7 Å². The summed E-state index contributed by atoms with van der Waals surface area (Å²) in [6.07, 6.45) is 5.61. The second-order valence-electron chi connectivity index (χ2n) is 5.16. The molecule has 0 spiro atoms. The van der Waals surface area contributed by atoms with E-state index in [0.717, 1.165) is 6.42 Å². The van der Waals surface area contributed by atoms with Gasteiger partial charge in [0.15, 0.2) is 0 Å². The van der Waals surface area contributed by atoms with Gasteiger partial charge in [-0.2, -0.15) is 0 Å². The van der Waals surface area contributed by atoms with Gasteiger partial charge in [-0.15, -0.1) is 0 Å². The fourth-order valence-corrected chi connectivity index (χ4v) is 3.04. The Hall–Kier alpha value is -1.56. The molecule has 1 aliphatic carbocycles. The lowest BCUT2D eigenvalue weighted by molar-refractivity contribution is 1.23. The second-order valence-corrected chi connectivity index (χ2v) is 5.16. The molecule has 1 aliphatic rings. The average molecular weight is 222 g/mol. The molecule has 0 saturated carbocycles. The van der Waals surface area contributed by atoms with Crippen LogP contribution in [0.5, 0.6) is 0 Å². The Labute approximate surface area is 103 Å². The number of hydrogen-bond acceptors (Lipinski definition) is 0. The predicted molar refractivity (Wildman–Crippen MR) is 75.6 cm³/mol. The number of rotatable bonds is 0. The van der Waals surface area contributed by atoms with Crippen LogP contribution in [0.4, 0.5) is 0 Å². The Kier molecular flexibility index (Phi) is 2.16. The summed E-state index contributed by atoms with van der Waals surface area (Å²) in [7, 11) is 0. The van der Waals surface area contributed by atoms with Crippen molar-refractivity contribution in [1.82, 2.24) is 0 Å². The third kappa shape index (κ3) is 1.30. The van der Waals surface area contributed by atoms with Gasteiger partial charge in [0.25, 0.3) is 0 Å². The van der Waals surface area contributed by atoms with E-state index in [1.54, 1.807) is 0 Å². The lowest BCUT2D eigenvalue weighted by Gasteiger charge is -2.17. The number of benzene rings is 2. The minimum absolute atomic E-state index is 1.09. The monoisotopic (exact) mass is 222 g/mol. The third-order valence-corrected chi connectivity index (χ3v) is 4.44. The Morgan fingerprint density at radius 1 is 0.824 bits per heavy atom. The molecule has 0 fully saturated rings. The molecule has 0 unspecified atom stereocenters. The van der Waals surface area contributed by atoms with Crippen LogP contribution in [0.15, 0.2) is 18.2 Å². The molecule has 17 heavy (non-hydrogen) atoms. The SMILES string of the molecule is Cc1c(C)c(C)c2c3c(ccc2c1C)C=CC3. The molecule has 3 rings (SSSR count). The minimum Gasteiger partial charge on any atom is -0.0795 e. The number of fused-ring (bicyclic) bond motifs is 3. The topological polar surface area (TPSA) is 0 Å². The van der Waals surface area contributed by atoms with E-state index >= 15 is 0 Å². The summed E-state index contributed by atoms with van der Waals surface area (Å²) in [5.41, 5.74) is 8.73. The van der Waals surface area contributed by atoms with E-state index in [1.165, 1.54) is 44.2 Å². The molecule has 0 N–H and O–H groups in total. The summed E-state index contributed by atoms with van der Waals surface area (Å²) in [4.78, 5) is 0.